The van der Waals surface area contributed by atoms with Gasteiger partial charge in [-0.15, -0.1) is 0 Å². The fourth-order valence-electron chi connectivity index (χ4n) is 1.61. The summed E-state index contributed by atoms with van der Waals surface area (Å²) in [5.41, 5.74) is 0.0397. The van der Waals surface area contributed by atoms with Gasteiger partial charge in [-0.05, 0) is 40.2 Å². The maximum atomic E-state index is 11.9. The maximum Gasteiger partial charge on any atom is 0.331 e. The molecule has 0 unspecified atom stereocenters. The van der Waals surface area contributed by atoms with Gasteiger partial charge in [-0.1, -0.05) is 46.4 Å². The van der Waals surface area contributed by atoms with Gasteiger partial charge in [-0.2, -0.15) is 0 Å². The number of esters is 1. The fourth-order valence-corrected chi connectivity index (χ4v) is 2.83. The molecule has 0 saturated carbocycles. The quantitative estimate of drug-likeness (QED) is 0.326. The molecule has 0 aliphatic heterocycles. The number of rotatable bonds is 5. The van der Waals surface area contributed by atoms with Crippen molar-refractivity contribution in [2.75, 3.05) is 11.9 Å². The lowest BCUT2D eigenvalue weighted by atomic mass is 10.3. The topological polar surface area (TPSA) is 68.5 Å². The Balaban J connectivity index is 1.93. The zero-order valence-corrected chi connectivity index (χ0v) is 16.7. The third kappa shape index (κ3) is 5.66. The zero-order chi connectivity index (χ0) is 18.6. The van der Waals surface area contributed by atoms with E-state index in [1.165, 1.54) is 12.1 Å². The summed E-state index contributed by atoms with van der Waals surface area (Å²) in [6, 6.07) is 4.66. The van der Waals surface area contributed by atoms with Crippen molar-refractivity contribution in [2.45, 2.75) is 0 Å². The normalized spacial score (nSPS) is 10.9. The lowest BCUT2D eigenvalue weighted by Crippen LogP contribution is -2.20. The van der Waals surface area contributed by atoms with Crippen LogP contribution in [0.2, 0.25) is 20.1 Å². The number of ether oxygens (including phenoxy) is 1. The molecular weight excluding hydrogens is 480 g/mol. The maximum absolute atomic E-state index is 11.9. The number of benzene rings is 1. The molecule has 2 rings (SSSR count). The van der Waals surface area contributed by atoms with Gasteiger partial charge in [-0.25, -0.2) is 4.79 Å². The third-order valence-corrected chi connectivity index (χ3v) is 4.70. The summed E-state index contributed by atoms with van der Waals surface area (Å²) < 4.78 is 10.5. The van der Waals surface area contributed by atoms with Crippen LogP contribution in [0.3, 0.4) is 0 Å². The van der Waals surface area contributed by atoms with Crippen molar-refractivity contribution in [1.29, 1.82) is 0 Å². The van der Waals surface area contributed by atoms with E-state index in [9.17, 15) is 9.59 Å². The Morgan fingerprint density at radius 3 is 2.36 bits per heavy atom. The van der Waals surface area contributed by atoms with Gasteiger partial charge in [-0.3, -0.25) is 4.79 Å². The summed E-state index contributed by atoms with van der Waals surface area (Å²) >= 11 is 26.8. The third-order valence-electron chi connectivity index (χ3n) is 2.70. The fraction of sp³-hybridized carbons (Fsp3) is 0.0667. The molecule has 0 fully saturated rings. The minimum atomic E-state index is -0.732. The Morgan fingerprint density at radius 2 is 1.80 bits per heavy atom. The largest absolute Gasteiger partial charge is 0.452 e. The molecule has 1 aromatic heterocycles. The molecule has 25 heavy (non-hydrogen) atoms. The van der Waals surface area contributed by atoms with E-state index in [0.29, 0.717) is 10.4 Å². The number of nitrogens with one attached hydrogen (secondary N) is 1. The first-order chi connectivity index (χ1) is 11.8. The summed E-state index contributed by atoms with van der Waals surface area (Å²) in [7, 11) is 0. The van der Waals surface area contributed by atoms with E-state index < -0.39 is 18.5 Å². The predicted molar refractivity (Wildman–Crippen MR) is 102 cm³/mol. The van der Waals surface area contributed by atoms with Crippen LogP contribution in [-0.2, 0) is 14.3 Å². The number of hydrogen-bond donors (Lipinski definition) is 1. The zero-order valence-electron chi connectivity index (χ0n) is 12.1. The van der Waals surface area contributed by atoms with Crippen LogP contribution in [0.15, 0.2) is 33.4 Å². The van der Waals surface area contributed by atoms with E-state index in [0.717, 1.165) is 6.08 Å². The molecule has 0 radical (unpaired) electrons. The molecule has 0 saturated heterocycles. The van der Waals surface area contributed by atoms with Crippen LogP contribution < -0.4 is 5.32 Å². The number of carbonyl (C=O) groups excluding carboxylic acids is 2. The van der Waals surface area contributed by atoms with Crippen LogP contribution in [0.1, 0.15) is 5.76 Å². The van der Waals surface area contributed by atoms with Crippen LogP contribution in [0.4, 0.5) is 5.69 Å². The summed E-state index contributed by atoms with van der Waals surface area (Å²) in [6.07, 6.45) is 2.52. The number of anilines is 1. The van der Waals surface area contributed by atoms with Gasteiger partial charge in [0, 0.05) is 6.08 Å². The lowest BCUT2D eigenvalue weighted by molar-refractivity contribution is -0.142. The van der Waals surface area contributed by atoms with Crippen LogP contribution in [0, 0.1) is 0 Å². The lowest BCUT2D eigenvalue weighted by Gasteiger charge is -2.11. The van der Waals surface area contributed by atoms with Crippen molar-refractivity contribution >= 4 is 86.0 Å². The molecule has 2 aromatic rings. The summed E-state index contributed by atoms with van der Waals surface area (Å²) in [5, 5.41) is 2.69. The molecule has 132 valence electrons. The molecule has 10 heteroatoms. The first-order valence-electron chi connectivity index (χ1n) is 6.51. The van der Waals surface area contributed by atoms with Gasteiger partial charge >= 0.3 is 5.97 Å². The summed E-state index contributed by atoms with van der Waals surface area (Å²) in [5.74, 6) is -0.950. The van der Waals surface area contributed by atoms with Crippen molar-refractivity contribution in [2.24, 2.45) is 0 Å². The van der Waals surface area contributed by atoms with Gasteiger partial charge in [0.05, 0.1) is 25.8 Å². The first-order valence-corrected chi connectivity index (χ1v) is 8.81. The molecule has 0 atom stereocenters. The summed E-state index contributed by atoms with van der Waals surface area (Å²) in [6.45, 7) is -0.554. The summed E-state index contributed by atoms with van der Waals surface area (Å²) in [4.78, 5) is 23.5. The average molecular weight is 488 g/mol. The van der Waals surface area contributed by atoms with E-state index in [1.54, 1.807) is 12.1 Å². The average Bonchev–Trinajstić information content (AvgIpc) is 2.98. The predicted octanol–water partition coefficient (Wildman–Crippen LogP) is 5.85. The molecule has 1 amide bonds. The van der Waals surface area contributed by atoms with Gasteiger partial charge in [0.2, 0.25) is 0 Å². The number of hydrogen-bond acceptors (Lipinski definition) is 4. The molecule has 1 N–H and O–H groups in total. The highest BCUT2D eigenvalue weighted by molar-refractivity contribution is 9.10. The minimum absolute atomic E-state index is 0.0269. The highest BCUT2D eigenvalue weighted by Crippen LogP contribution is 2.40. The Morgan fingerprint density at radius 1 is 1.16 bits per heavy atom. The second-order valence-electron chi connectivity index (χ2n) is 4.47. The van der Waals surface area contributed by atoms with Crippen molar-refractivity contribution < 1.29 is 18.7 Å². The van der Waals surface area contributed by atoms with E-state index >= 15 is 0 Å². The Kier molecular flexibility index (Phi) is 7.22. The van der Waals surface area contributed by atoms with Crippen molar-refractivity contribution in [1.82, 2.24) is 0 Å². The van der Waals surface area contributed by atoms with Crippen molar-refractivity contribution in [3.05, 3.63) is 54.8 Å². The Bertz CT molecular complexity index is 824. The standard InChI is InChI=1S/C15H8BrCl4NO4/c16-10-3-1-7(25-10)2-4-12(23)24-6-11(22)21-15-13(19)8(17)5-9(18)14(15)20/h1-5H,6H2,(H,21,22)/b4-2+. The van der Waals surface area contributed by atoms with Crippen LogP contribution in [0.5, 0.6) is 0 Å². The first kappa shape index (κ1) is 20.1. The van der Waals surface area contributed by atoms with Gasteiger partial charge in [0.1, 0.15) is 5.76 Å². The second kappa shape index (κ2) is 8.96. The Hall–Kier alpha value is -1.18. The van der Waals surface area contributed by atoms with E-state index in [-0.39, 0.29) is 25.8 Å². The SMILES string of the molecule is O=C(COC(=O)/C=C/c1ccc(Br)o1)Nc1c(Cl)c(Cl)cc(Cl)c1Cl. The smallest absolute Gasteiger partial charge is 0.331 e. The molecule has 0 aliphatic rings. The molecule has 1 heterocycles. The number of halogens is 5. The number of amides is 1. The monoisotopic (exact) mass is 485 g/mol. The molecule has 0 bridgehead atoms. The highest BCUT2D eigenvalue weighted by Gasteiger charge is 2.17. The van der Waals surface area contributed by atoms with Crippen molar-refractivity contribution in [3.63, 3.8) is 0 Å². The van der Waals surface area contributed by atoms with E-state index in [1.807, 2.05) is 0 Å². The Labute approximate surface area is 170 Å². The highest BCUT2D eigenvalue weighted by atomic mass is 79.9. The van der Waals surface area contributed by atoms with Crippen molar-refractivity contribution in [3.8, 4) is 0 Å². The number of furan rings is 1. The van der Waals surface area contributed by atoms with Gasteiger partial charge in [0.15, 0.2) is 11.3 Å². The molecular formula is C15H8BrCl4NO4. The van der Waals surface area contributed by atoms with Gasteiger partial charge in [0.25, 0.3) is 5.91 Å². The minimum Gasteiger partial charge on any atom is -0.452 e. The molecule has 5 nitrogen and oxygen atoms in total. The van der Waals surface area contributed by atoms with Gasteiger partial charge < -0.3 is 14.5 Å². The number of carbonyl (C=O) groups is 2. The second-order valence-corrected chi connectivity index (χ2v) is 6.83. The van der Waals surface area contributed by atoms with Crippen LogP contribution >= 0.6 is 62.3 Å². The molecule has 1 aromatic carbocycles. The van der Waals surface area contributed by atoms with E-state index in [4.69, 9.17) is 55.6 Å². The van der Waals surface area contributed by atoms with E-state index in [2.05, 4.69) is 21.2 Å². The molecule has 0 aliphatic carbocycles. The van der Waals surface area contributed by atoms with Crippen LogP contribution in [0.25, 0.3) is 6.08 Å². The molecule has 0 spiro atoms. The van der Waals surface area contributed by atoms with Crippen LogP contribution in [-0.4, -0.2) is 18.5 Å².